The molecule has 1 amide bonds. The second-order valence-electron chi connectivity index (χ2n) is 6.97. The van der Waals surface area contributed by atoms with Crippen LogP contribution in [-0.2, 0) is 4.79 Å². The second-order valence-corrected chi connectivity index (χ2v) is 6.97. The van der Waals surface area contributed by atoms with Crippen molar-refractivity contribution in [2.45, 2.75) is 52.9 Å². The van der Waals surface area contributed by atoms with E-state index in [2.05, 4.69) is 30.2 Å². The van der Waals surface area contributed by atoms with Gasteiger partial charge in [0.15, 0.2) is 5.96 Å². The number of nitrogens with two attached hydrogens (primary N) is 1. The Morgan fingerprint density at radius 2 is 2.05 bits per heavy atom. The second kappa shape index (κ2) is 8.20. The quantitative estimate of drug-likeness (QED) is 0.411. The Bertz CT molecular complexity index is 440. The van der Waals surface area contributed by atoms with E-state index < -0.39 is 0 Å². The van der Waals surface area contributed by atoms with Crippen LogP contribution in [-0.4, -0.2) is 37.4 Å². The SMILES string of the molecule is CN=C(N)N(C)CCCCCC=C(C)NC(=O)C1CC1(C)C. The molecule has 0 radical (unpaired) electrons. The molecule has 5 nitrogen and oxygen atoms in total. The Hall–Kier alpha value is -1.52. The maximum atomic E-state index is 12.0. The maximum absolute atomic E-state index is 12.0. The zero-order chi connectivity index (χ0) is 16.8. The number of carbonyl (C=O) groups excluding carboxylic acids is 1. The van der Waals surface area contributed by atoms with Crippen LogP contribution in [0.5, 0.6) is 0 Å². The van der Waals surface area contributed by atoms with E-state index in [9.17, 15) is 4.79 Å². The lowest BCUT2D eigenvalue weighted by Gasteiger charge is -2.17. The molecule has 3 N–H and O–H groups in total. The summed E-state index contributed by atoms with van der Waals surface area (Å²) in [6, 6.07) is 0. The van der Waals surface area contributed by atoms with Gasteiger partial charge in [-0.05, 0) is 38.0 Å². The van der Waals surface area contributed by atoms with Crippen molar-refractivity contribution in [3.63, 3.8) is 0 Å². The first kappa shape index (κ1) is 18.5. The minimum Gasteiger partial charge on any atom is -0.370 e. The zero-order valence-corrected chi connectivity index (χ0v) is 14.8. The molecule has 1 atom stereocenters. The Morgan fingerprint density at radius 1 is 1.41 bits per heavy atom. The molecule has 1 unspecified atom stereocenters. The maximum Gasteiger partial charge on any atom is 0.227 e. The van der Waals surface area contributed by atoms with E-state index >= 15 is 0 Å². The van der Waals surface area contributed by atoms with E-state index in [1.807, 2.05) is 18.9 Å². The Balaban J connectivity index is 2.11. The first-order chi connectivity index (χ1) is 10.3. The minimum absolute atomic E-state index is 0.176. The summed E-state index contributed by atoms with van der Waals surface area (Å²) in [5, 5.41) is 3.01. The Labute approximate surface area is 135 Å². The third kappa shape index (κ3) is 6.08. The van der Waals surface area contributed by atoms with Crippen LogP contribution in [0, 0.1) is 11.3 Å². The number of nitrogens with one attached hydrogen (secondary N) is 1. The first-order valence-corrected chi connectivity index (χ1v) is 8.19. The smallest absolute Gasteiger partial charge is 0.227 e. The summed E-state index contributed by atoms with van der Waals surface area (Å²) in [6.45, 7) is 7.19. The number of unbranched alkanes of at least 4 members (excludes halogenated alkanes) is 3. The lowest BCUT2D eigenvalue weighted by atomic mass is 10.1. The number of hydrogen-bond acceptors (Lipinski definition) is 2. The molecule has 0 spiro atoms. The molecule has 1 aliphatic carbocycles. The van der Waals surface area contributed by atoms with Gasteiger partial charge in [-0.2, -0.15) is 0 Å². The predicted octanol–water partition coefficient (Wildman–Crippen LogP) is 2.49. The summed E-state index contributed by atoms with van der Waals surface area (Å²) in [6.07, 6.45) is 7.50. The number of rotatable bonds is 8. The average molecular weight is 308 g/mol. The third-order valence-corrected chi connectivity index (χ3v) is 4.42. The normalized spacial score (nSPS) is 20.7. The number of hydrogen-bond donors (Lipinski definition) is 2. The summed E-state index contributed by atoms with van der Waals surface area (Å²) in [7, 11) is 3.66. The molecule has 1 fully saturated rings. The summed E-state index contributed by atoms with van der Waals surface area (Å²) >= 11 is 0. The van der Waals surface area contributed by atoms with Gasteiger partial charge in [-0.1, -0.05) is 26.3 Å². The van der Waals surface area contributed by atoms with E-state index in [1.165, 1.54) is 0 Å². The van der Waals surface area contributed by atoms with Gasteiger partial charge >= 0.3 is 0 Å². The van der Waals surface area contributed by atoms with Crippen molar-refractivity contribution in [1.29, 1.82) is 0 Å². The summed E-state index contributed by atoms with van der Waals surface area (Å²) < 4.78 is 0. The molecule has 22 heavy (non-hydrogen) atoms. The molecule has 1 saturated carbocycles. The van der Waals surface area contributed by atoms with Crippen LogP contribution in [0.3, 0.4) is 0 Å². The van der Waals surface area contributed by atoms with Crippen LogP contribution in [0.15, 0.2) is 16.8 Å². The molecule has 1 aliphatic rings. The predicted molar refractivity (Wildman–Crippen MR) is 92.4 cm³/mol. The molecule has 0 aromatic carbocycles. The third-order valence-electron chi connectivity index (χ3n) is 4.42. The van der Waals surface area contributed by atoms with Gasteiger partial charge in [-0.15, -0.1) is 0 Å². The van der Waals surface area contributed by atoms with E-state index in [1.54, 1.807) is 7.05 Å². The van der Waals surface area contributed by atoms with E-state index in [0.717, 1.165) is 44.3 Å². The van der Waals surface area contributed by atoms with Gasteiger partial charge in [0.1, 0.15) is 0 Å². The fourth-order valence-electron chi connectivity index (χ4n) is 2.52. The monoisotopic (exact) mass is 308 g/mol. The molecule has 0 aromatic rings. The van der Waals surface area contributed by atoms with Crippen molar-refractivity contribution in [3.8, 4) is 0 Å². The lowest BCUT2D eigenvalue weighted by molar-refractivity contribution is -0.122. The highest BCUT2D eigenvalue weighted by Crippen LogP contribution is 2.51. The summed E-state index contributed by atoms with van der Waals surface area (Å²) in [5.41, 5.74) is 6.89. The Kier molecular flexibility index (Phi) is 6.91. The average Bonchev–Trinajstić information content (AvgIpc) is 3.10. The molecule has 126 valence electrons. The highest BCUT2D eigenvalue weighted by molar-refractivity contribution is 5.83. The van der Waals surface area contributed by atoms with E-state index in [0.29, 0.717) is 5.96 Å². The summed E-state index contributed by atoms with van der Waals surface area (Å²) in [5.74, 6) is 0.952. The Morgan fingerprint density at radius 3 is 2.59 bits per heavy atom. The van der Waals surface area contributed by atoms with Crippen LogP contribution in [0.25, 0.3) is 0 Å². The molecule has 0 aromatic heterocycles. The lowest BCUT2D eigenvalue weighted by Crippen LogP contribution is -2.34. The van der Waals surface area contributed by atoms with Crippen molar-refractivity contribution in [2.24, 2.45) is 22.1 Å². The molecule has 5 heteroatoms. The molecular formula is C17H32N4O. The number of aliphatic imine (C=N–C) groups is 1. The van der Waals surface area contributed by atoms with Crippen molar-refractivity contribution < 1.29 is 4.79 Å². The summed E-state index contributed by atoms with van der Waals surface area (Å²) in [4.78, 5) is 17.9. The van der Waals surface area contributed by atoms with Gasteiger partial charge in [0.2, 0.25) is 5.91 Å². The van der Waals surface area contributed by atoms with Gasteiger partial charge < -0.3 is 16.0 Å². The number of carbonyl (C=O) groups is 1. The first-order valence-electron chi connectivity index (χ1n) is 8.19. The molecule has 0 aliphatic heterocycles. The largest absolute Gasteiger partial charge is 0.370 e. The molecule has 0 saturated heterocycles. The standard InChI is InChI=1S/C17H32N4O/c1-13(20-15(22)14-12-17(14,2)3)10-8-6-7-9-11-21(5)16(18)19-4/h10,14H,6-9,11-12H2,1-5H3,(H2,18,19)(H,20,22). The highest BCUT2D eigenvalue weighted by atomic mass is 16.2. The van der Waals surface area contributed by atoms with Crippen LogP contribution in [0.4, 0.5) is 0 Å². The number of guanidine groups is 1. The molecular weight excluding hydrogens is 276 g/mol. The fraction of sp³-hybridized carbons (Fsp3) is 0.765. The van der Waals surface area contributed by atoms with Crippen LogP contribution < -0.4 is 11.1 Å². The van der Waals surface area contributed by atoms with Crippen molar-refractivity contribution in [1.82, 2.24) is 10.2 Å². The highest BCUT2D eigenvalue weighted by Gasteiger charge is 2.50. The van der Waals surface area contributed by atoms with Crippen LogP contribution in [0.2, 0.25) is 0 Å². The molecule has 1 rings (SSSR count). The van der Waals surface area contributed by atoms with Gasteiger partial charge in [-0.3, -0.25) is 9.79 Å². The minimum atomic E-state index is 0.176. The van der Waals surface area contributed by atoms with Crippen molar-refractivity contribution in [3.05, 3.63) is 11.8 Å². The molecule has 0 bridgehead atoms. The van der Waals surface area contributed by atoms with Gasteiger partial charge in [0, 0.05) is 32.3 Å². The van der Waals surface area contributed by atoms with E-state index in [-0.39, 0.29) is 17.2 Å². The molecule has 0 heterocycles. The van der Waals surface area contributed by atoms with Gasteiger partial charge in [-0.25, -0.2) is 0 Å². The number of nitrogens with zero attached hydrogens (tertiary/aromatic N) is 2. The van der Waals surface area contributed by atoms with Crippen LogP contribution in [0.1, 0.15) is 52.9 Å². The zero-order valence-electron chi connectivity index (χ0n) is 14.8. The van der Waals surface area contributed by atoms with Gasteiger partial charge in [0.25, 0.3) is 0 Å². The topological polar surface area (TPSA) is 70.7 Å². The van der Waals surface area contributed by atoms with E-state index in [4.69, 9.17) is 5.73 Å². The number of amides is 1. The number of allylic oxidation sites excluding steroid dienone is 2. The van der Waals surface area contributed by atoms with Crippen molar-refractivity contribution >= 4 is 11.9 Å². The fourth-order valence-corrected chi connectivity index (χ4v) is 2.52. The van der Waals surface area contributed by atoms with Crippen molar-refractivity contribution in [2.75, 3.05) is 20.6 Å². The van der Waals surface area contributed by atoms with Crippen LogP contribution >= 0.6 is 0 Å². The van der Waals surface area contributed by atoms with Gasteiger partial charge in [0.05, 0.1) is 0 Å².